The summed E-state index contributed by atoms with van der Waals surface area (Å²) < 4.78 is 7.03. The Balaban J connectivity index is 1.97. The predicted molar refractivity (Wildman–Crippen MR) is 78.5 cm³/mol. The minimum atomic E-state index is 0.654. The third-order valence-electron chi connectivity index (χ3n) is 3.28. The van der Waals surface area contributed by atoms with Crippen LogP contribution in [-0.2, 0) is 19.6 Å². The number of pyridine rings is 1. The summed E-state index contributed by atoms with van der Waals surface area (Å²) in [6.45, 7) is 7.95. The van der Waals surface area contributed by atoms with E-state index in [1.807, 2.05) is 23.1 Å². The topological polar surface area (TPSA) is 43.2 Å². The summed E-state index contributed by atoms with van der Waals surface area (Å²) in [7, 11) is 1.63. The zero-order chi connectivity index (χ0) is 14.4. The van der Waals surface area contributed by atoms with E-state index in [0.29, 0.717) is 5.88 Å². The Labute approximate surface area is 120 Å². The van der Waals surface area contributed by atoms with Crippen molar-refractivity contribution in [2.75, 3.05) is 13.7 Å². The monoisotopic (exact) mass is 274 g/mol. The summed E-state index contributed by atoms with van der Waals surface area (Å²) in [5.41, 5.74) is 2.44. The van der Waals surface area contributed by atoms with Gasteiger partial charge >= 0.3 is 0 Å². The highest BCUT2D eigenvalue weighted by molar-refractivity contribution is 5.17. The molecular weight excluding hydrogens is 252 g/mol. The van der Waals surface area contributed by atoms with Gasteiger partial charge in [0.15, 0.2) is 0 Å². The molecule has 0 N–H and O–H groups in total. The molecule has 0 aliphatic carbocycles. The van der Waals surface area contributed by atoms with Gasteiger partial charge in [-0.05, 0) is 19.0 Å². The molecule has 0 saturated heterocycles. The maximum atomic E-state index is 5.08. The van der Waals surface area contributed by atoms with Crippen molar-refractivity contribution < 1.29 is 4.74 Å². The lowest BCUT2D eigenvalue weighted by atomic mass is 10.2. The fourth-order valence-electron chi connectivity index (χ4n) is 2.08. The van der Waals surface area contributed by atoms with Gasteiger partial charge in [-0.15, -0.1) is 0 Å². The molecule has 0 radical (unpaired) electrons. The average molecular weight is 274 g/mol. The number of aryl methyl sites for hydroxylation is 1. The molecule has 2 aromatic rings. The van der Waals surface area contributed by atoms with Crippen LogP contribution >= 0.6 is 0 Å². The molecule has 2 rings (SSSR count). The number of nitrogens with zero attached hydrogens (tertiary/aromatic N) is 4. The Morgan fingerprint density at radius 1 is 1.15 bits per heavy atom. The Bertz CT molecular complexity index is 521. The number of methoxy groups -OCH3 is 1. The molecule has 5 nitrogen and oxygen atoms in total. The van der Waals surface area contributed by atoms with Gasteiger partial charge in [0.1, 0.15) is 0 Å². The van der Waals surface area contributed by atoms with Gasteiger partial charge in [-0.1, -0.05) is 13.0 Å². The fourth-order valence-corrected chi connectivity index (χ4v) is 2.08. The van der Waals surface area contributed by atoms with Crippen LogP contribution in [0.3, 0.4) is 0 Å². The van der Waals surface area contributed by atoms with Crippen LogP contribution in [0, 0.1) is 0 Å². The first kappa shape index (κ1) is 14.5. The highest BCUT2D eigenvalue weighted by Crippen LogP contribution is 2.11. The van der Waals surface area contributed by atoms with Gasteiger partial charge in [-0.2, -0.15) is 5.10 Å². The highest BCUT2D eigenvalue weighted by Gasteiger charge is 2.07. The van der Waals surface area contributed by atoms with E-state index >= 15 is 0 Å². The minimum absolute atomic E-state index is 0.654. The Morgan fingerprint density at radius 3 is 2.50 bits per heavy atom. The van der Waals surface area contributed by atoms with Crippen LogP contribution in [0.25, 0.3) is 0 Å². The summed E-state index contributed by atoms with van der Waals surface area (Å²) in [5.74, 6) is 0.654. The van der Waals surface area contributed by atoms with Gasteiger partial charge in [-0.3, -0.25) is 9.58 Å². The molecule has 0 bridgehead atoms. The summed E-state index contributed by atoms with van der Waals surface area (Å²) in [6, 6.07) is 3.96. The molecule has 0 fully saturated rings. The summed E-state index contributed by atoms with van der Waals surface area (Å²) in [4.78, 5) is 6.61. The molecule has 0 saturated carbocycles. The molecule has 0 aromatic carbocycles. The second-order valence-corrected chi connectivity index (χ2v) is 4.72. The maximum absolute atomic E-state index is 5.08. The Hall–Kier alpha value is -1.88. The molecule has 0 spiro atoms. The molecule has 0 aliphatic rings. The zero-order valence-corrected chi connectivity index (χ0v) is 12.4. The van der Waals surface area contributed by atoms with E-state index in [2.05, 4.69) is 41.1 Å². The highest BCUT2D eigenvalue weighted by atomic mass is 16.5. The van der Waals surface area contributed by atoms with Crippen molar-refractivity contribution >= 4 is 0 Å². The van der Waals surface area contributed by atoms with Gasteiger partial charge in [0.2, 0.25) is 5.88 Å². The fraction of sp³-hybridized carbons (Fsp3) is 0.467. The number of hydrogen-bond acceptors (Lipinski definition) is 4. The minimum Gasteiger partial charge on any atom is -0.481 e. The van der Waals surface area contributed by atoms with E-state index in [1.165, 1.54) is 11.1 Å². The van der Waals surface area contributed by atoms with Crippen LogP contribution in [0.5, 0.6) is 5.88 Å². The zero-order valence-electron chi connectivity index (χ0n) is 12.4. The quantitative estimate of drug-likeness (QED) is 0.777. The van der Waals surface area contributed by atoms with Crippen molar-refractivity contribution in [1.82, 2.24) is 19.7 Å². The molecule has 2 heterocycles. The van der Waals surface area contributed by atoms with Crippen molar-refractivity contribution in [1.29, 1.82) is 0 Å². The van der Waals surface area contributed by atoms with Crippen LogP contribution in [0.1, 0.15) is 25.0 Å². The average Bonchev–Trinajstić information content (AvgIpc) is 2.95. The summed E-state index contributed by atoms with van der Waals surface area (Å²) in [6.07, 6.45) is 5.92. The van der Waals surface area contributed by atoms with Crippen molar-refractivity contribution in [2.45, 2.75) is 33.5 Å². The van der Waals surface area contributed by atoms with Crippen LogP contribution in [-0.4, -0.2) is 33.3 Å². The second-order valence-electron chi connectivity index (χ2n) is 4.72. The van der Waals surface area contributed by atoms with Gasteiger partial charge in [0, 0.05) is 43.7 Å². The van der Waals surface area contributed by atoms with E-state index < -0.39 is 0 Å². The molecule has 108 valence electrons. The molecule has 0 aliphatic heterocycles. The first-order valence-corrected chi connectivity index (χ1v) is 6.97. The Kier molecular flexibility index (Phi) is 5.12. The number of aromatic nitrogens is 3. The van der Waals surface area contributed by atoms with Crippen molar-refractivity contribution in [2.24, 2.45) is 0 Å². The van der Waals surface area contributed by atoms with Crippen molar-refractivity contribution in [3.8, 4) is 5.88 Å². The summed E-state index contributed by atoms with van der Waals surface area (Å²) in [5, 5.41) is 4.31. The lowest BCUT2D eigenvalue weighted by molar-refractivity contribution is 0.270. The van der Waals surface area contributed by atoms with Crippen molar-refractivity contribution in [3.05, 3.63) is 41.9 Å². The Morgan fingerprint density at radius 2 is 1.95 bits per heavy atom. The van der Waals surface area contributed by atoms with Crippen LogP contribution in [0.4, 0.5) is 0 Å². The SMILES string of the molecule is CCN(Cc1ccc(OC)nc1)Cc1cnn(CC)c1. The molecule has 0 amide bonds. The number of hydrogen-bond donors (Lipinski definition) is 0. The molecule has 0 unspecified atom stereocenters. The lowest BCUT2D eigenvalue weighted by Crippen LogP contribution is -2.22. The largest absolute Gasteiger partial charge is 0.481 e. The summed E-state index contributed by atoms with van der Waals surface area (Å²) >= 11 is 0. The molecule has 5 heteroatoms. The van der Waals surface area contributed by atoms with E-state index in [0.717, 1.165) is 26.2 Å². The second kappa shape index (κ2) is 7.05. The van der Waals surface area contributed by atoms with Crippen molar-refractivity contribution in [3.63, 3.8) is 0 Å². The predicted octanol–water partition coefficient (Wildman–Crippen LogP) is 2.33. The van der Waals surface area contributed by atoms with Gasteiger partial charge in [-0.25, -0.2) is 4.98 Å². The van der Waals surface area contributed by atoms with Crippen LogP contribution in [0.15, 0.2) is 30.7 Å². The standard InChI is InChI=1S/C15H22N4O/c1-4-18(11-14-9-17-19(5-2)12-14)10-13-6-7-15(20-3)16-8-13/h6-9,12H,4-5,10-11H2,1-3H3. The van der Waals surface area contributed by atoms with Gasteiger partial charge < -0.3 is 4.74 Å². The third kappa shape index (κ3) is 3.81. The smallest absolute Gasteiger partial charge is 0.212 e. The maximum Gasteiger partial charge on any atom is 0.212 e. The normalized spacial score (nSPS) is 11.0. The number of ether oxygens (including phenoxy) is 1. The van der Waals surface area contributed by atoms with Crippen LogP contribution < -0.4 is 4.74 Å². The molecule has 2 aromatic heterocycles. The van der Waals surface area contributed by atoms with Gasteiger partial charge in [0.25, 0.3) is 0 Å². The first-order chi connectivity index (χ1) is 9.75. The molecule has 20 heavy (non-hydrogen) atoms. The van der Waals surface area contributed by atoms with E-state index in [4.69, 9.17) is 4.74 Å². The molecular formula is C15H22N4O. The van der Waals surface area contributed by atoms with Gasteiger partial charge in [0.05, 0.1) is 13.3 Å². The van der Waals surface area contributed by atoms with E-state index in [-0.39, 0.29) is 0 Å². The molecule has 0 atom stereocenters. The van der Waals surface area contributed by atoms with E-state index in [9.17, 15) is 0 Å². The van der Waals surface area contributed by atoms with E-state index in [1.54, 1.807) is 7.11 Å². The number of rotatable bonds is 7. The van der Waals surface area contributed by atoms with Crippen LogP contribution in [0.2, 0.25) is 0 Å². The lowest BCUT2D eigenvalue weighted by Gasteiger charge is -2.19. The first-order valence-electron chi connectivity index (χ1n) is 6.97. The third-order valence-corrected chi connectivity index (χ3v) is 3.28.